The molecular formula is C13H18O5. The van der Waals surface area contributed by atoms with Crippen LogP contribution in [0.1, 0.15) is 12.5 Å². The maximum absolute atomic E-state index is 10.2. The van der Waals surface area contributed by atoms with Gasteiger partial charge in [0, 0.05) is 0 Å². The van der Waals surface area contributed by atoms with Crippen LogP contribution < -0.4 is 0 Å². The van der Waals surface area contributed by atoms with Crippen molar-refractivity contribution in [2.24, 2.45) is 0 Å². The number of carboxylic acids is 1. The fourth-order valence-electron chi connectivity index (χ4n) is 1.27. The third-order valence-electron chi connectivity index (χ3n) is 2.13. The van der Waals surface area contributed by atoms with Crippen molar-refractivity contribution in [2.45, 2.75) is 19.8 Å². The molecule has 1 unspecified atom stereocenters. The molecule has 1 atom stereocenters. The van der Waals surface area contributed by atoms with Crippen molar-refractivity contribution in [1.29, 1.82) is 0 Å². The average molecular weight is 254 g/mol. The topological polar surface area (TPSA) is 65.0 Å². The lowest BCUT2D eigenvalue weighted by molar-refractivity contribution is -0.166. The first kappa shape index (κ1) is 14.6. The van der Waals surface area contributed by atoms with E-state index < -0.39 is 12.3 Å². The van der Waals surface area contributed by atoms with E-state index in [0.717, 1.165) is 5.56 Å². The molecule has 0 aliphatic heterocycles. The zero-order valence-corrected chi connectivity index (χ0v) is 10.4. The quantitative estimate of drug-likeness (QED) is 0.536. The van der Waals surface area contributed by atoms with Gasteiger partial charge in [0.05, 0.1) is 19.8 Å². The Bertz CT molecular complexity index is 338. The van der Waals surface area contributed by atoms with Crippen LogP contribution in [0.2, 0.25) is 0 Å². The van der Waals surface area contributed by atoms with Crippen LogP contribution in [0.3, 0.4) is 0 Å². The first-order chi connectivity index (χ1) is 8.68. The van der Waals surface area contributed by atoms with Crippen LogP contribution in [-0.4, -0.2) is 37.2 Å². The van der Waals surface area contributed by atoms with Crippen molar-refractivity contribution in [3.63, 3.8) is 0 Å². The van der Waals surface area contributed by atoms with Crippen LogP contribution in [0.25, 0.3) is 0 Å². The summed E-state index contributed by atoms with van der Waals surface area (Å²) >= 11 is 0. The van der Waals surface area contributed by atoms with E-state index in [0.29, 0.717) is 19.8 Å². The van der Waals surface area contributed by atoms with E-state index in [4.69, 9.17) is 19.3 Å². The molecule has 0 amide bonds. The number of carbonyl (C=O) groups is 1. The Morgan fingerprint density at radius 1 is 1.22 bits per heavy atom. The van der Waals surface area contributed by atoms with Crippen LogP contribution in [0, 0.1) is 0 Å². The Balaban J connectivity index is 2.00. The first-order valence-electron chi connectivity index (χ1n) is 5.75. The summed E-state index contributed by atoms with van der Waals surface area (Å²) in [4.78, 5) is 10.2. The maximum Gasteiger partial charge on any atom is 0.329 e. The molecule has 0 heterocycles. The molecule has 1 aromatic rings. The van der Waals surface area contributed by atoms with E-state index >= 15 is 0 Å². The highest BCUT2D eigenvalue weighted by Crippen LogP contribution is 2.00. The van der Waals surface area contributed by atoms with Gasteiger partial charge in [-0.15, -0.1) is 0 Å². The van der Waals surface area contributed by atoms with Crippen LogP contribution in [0.5, 0.6) is 0 Å². The summed E-state index contributed by atoms with van der Waals surface area (Å²) in [6.45, 7) is 2.64. The van der Waals surface area contributed by atoms with Gasteiger partial charge in [-0.1, -0.05) is 30.3 Å². The second kappa shape index (κ2) is 8.63. The molecule has 0 aliphatic carbocycles. The molecule has 18 heavy (non-hydrogen) atoms. The lowest BCUT2D eigenvalue weighted by Crippen LogP contribution is -2.20. The predicted molar refractivity (Wildman–Crippen MR) is 65.1 cm³/mol. The van der Waals surface area contributed by atoms with E-state index in [-0.39, 0.29) is 6.61 Å². The molecule has 100 valence electrons. The number of hydrogen-bond acceptors (Lipinski definition) is 4. The predicted octanol–water partition coefficient (Wildman–Crippen LogP) is 1.67. The van der Waals surface area contributed by atoms with Gasteiger partial charge < -0.3 is 19.3 Å². The molecule has 0 saturated heterocycles. The van der Waals surface area contributed by atoms with Crippen LogP contribution in [0.15, 0.2) is 30.3 Å². The number of ether oxygens (including phenoxy) is 3. The second-order valence-corrected chi connectivity index (χ2v) is 3.68. The lowest BCUT2D eigenvalue weighted by atomic mass is 10.2. The normalized spacial score (nSPS) is 12.3. The van der Waals surface area contributed by atoms with Crippen molar-refractivity contribution < 1.29 is 24.1 Å². The largest absolute Gasteiger partial charge is 0.480 e. The summed E-state index contributed by atoms with van der Waals surface area (Å²) in [7, 11) is 0. The van der Waals surface area contributed by atoms with Gasteiger partial charge in [-0.05, 0) is 12.5 Å². The number of aliphatic carboxylic acids is 1. The van der Waals surface area contributed by atoms with Crippen LogP contribution in [0.4, 0.5) is 0 Å². The minimum Gasteiger partial charge on any atom is -0.480 e. The molecule has 5 heteroatoms. The summed E-state index contributed by atoms with van der Waals surface area (Å²) < 4.78 is 15.5. The summed E-state index contributed by atoms with van der Waals surface area (Å²) in [6, 6.07) is 9.83. The van der Waals surface area contributed by atoms with Gasteiger partial charge in [0.15, 0.2) is 6.29 Å². The number of rotatable bonds is 9. The van der Waals surface area contributed by atoms with Gasteiger partial charge in [-0.3, -0.25) is 0 Å². The Labute approximate surface area is 106 Å². The lowest BCUT2D eigenvalue weighted by Gasteiger charge is -2.12. The van der Waals surface area contributed by atoms with Gasteiger partial charge in [-0.2, -0.15) is 0 Å². The molecule has 0 spiro atoms. The van der Waals surface area contributed by atoms with E-state index in [9.17, 15) is 4.79 Å². The van der Waals surface area contributed by atoms with Crippen LogP contribution >= 0.6 is 0 Å². The Morgan fingerprint density at radius 2 is 1.94 bits per heavy atom. The van der Waals surface area contributed by atoms with Crippen molar-refractivity contribution in [2.75, 3.05) is 19.8 Å². The molecule has 1 aromatic carbocycles. The van der Waals surface area contributed by atoms with E-state index in [1.54, 1.807) is 6.92 Å². The Hall–Kier alpha value is -1.43. The van der Waals surface area contributed by atoms with Gasteiger partial charge in [0.1, 0.15) is 6.61 Å². The zero-order chi connectivity index (χ0) is 13.2. The average Bonchev–Trinajstić information content (AvgIpc) is 2.37. The summed E-state index contributed by atoms with van der Waals surface area (Å²) in [5.41, 5.74) is 1.10. The monoisotopic (exact) mass is 254 g/mol. The number of carboxylic acid groups (broad SMARTS) is 1. The van der Waals surface area contributed by atoms with Crippen molar-refractivity contribution in [1.82, 2.24) is 0 Å². The summed E-state index contributed by atoms with van der Waals surface area (Å²) in [6.07, 6.45) is -0.540. The van der Waals surface area contributed by atoms with Gasteiger partial charge in [0.2, 0.25) is 0 Å². The highest BCUT2D eigenvalue weighted by atomic mass is 16.7. The van der Waals surface area contributed by atoms with E-state index in [1.165, 1.54) is 0 Å². The SMILES string of the molecule is CC(OCCOCc1ccccc1)OCC(=O)O. The van der Waals surface area contributed by atoms with Crippen molar-refractivity contribution in [3.05, 3.63) is 35.9 Å². The fourth-order valence-corrected chi connectivity index (χ4v) is 1.27. The molecule has 0 aromatic heterocycles. The third-order valence-corrected chi connectivity index (χ3v) is 2.13. The molecule has 1 rings (SSSR count). The first-order valence-corrected chi connectivity index (χ1v) is 5.75. The molecular weight excluding hydrogens is 236 g/mol. The molecule has 0 aliphatic rings. The molecule has 0 saturated carbocycles. The minimum atomic E-state index is -1.01. The van der Waals surface area contributed by atoms with E-state index in [1.807, 2.05) is 30.3 Å². The molecule has 0 bridgehead atoms. The highest BCUT2D eigenvalue weighted by molar-refractivity contribution is 5.67. The molecule has 1 N–H and O–H groups in total. The molecule has 0 radical (unpaired) electrons. The van der Waals surface area contributed by atoms with Crippen molar-refractivity contribution >= 4 is 5.97 Å². The summed E-state index contributed by atoms with van der Waals surface area (Å²) in [5.74, 6) is -1.01. The van der Waals surface area contributed by atoms with Gasteiger partial charge in [-0.25, -0.2) is 4.79 Å². The zero-order valence-electron chi connectivity index (χ0n) is 10.4. The van der Waals surface area contributed by atoms with Gasteiger partial charge in [0.25, 0.3) is 0 Å². The third kappa shape index (κ3) is 7.01. The standard InChI is InChI=1S/C13H18O5/c1-11(18-10-13(14)15)17-8-7-16-9-12-5-3-2-4-6-12/h2-6,11H,7-10H2,1H3,(H,14,15). The minimum absolute atomic E-state index is 0.355. The van der Waals surface area contributed by atoms with Crippen LogP contribution in [-0.2, 0) is 25.6 Å². The molecule has 0 fully saturated rings. The number of benzene rings is 1. The second-order valence-electron chi connectivity index (χ2n) is 3.68. The van der Waals surface area contributed by atoms with Crippen molar-refractivity contribution in [3.8, 4) is 0 Å². The Morgan fingerprint density at radius 3 is 2.61 bits per heavy atom. The van der Waals surface area contributed by atoms with Gasteiger partial charge >= 0.3 is 5.97 Å². The fraction of sp³-hybridized carbons (Fsp3) is 0.462. The van der Waals surface area contributed by atoms with E-state index in [2.05, 4.69) is 0 Å². The maximum atomic E-state index is 10.2. The molecule has 5 nitrogen and oxygen atoms in total. The summed E-state index contributed by atoms with van der Waals surface area (Å²) in [5, 5.41) is 8.39. The highest BCUT2D eigenvalue weighted by Gasteiger charge is 2.04. The smallest absolute Gasteiger partial charge is 0.329 e. The Kier molecular flexibility index (Phi) is 7.01. The number of hydrogen-bond donors (Lipinski definition) is 1.